The van der Waals surface area contributed by atoms with Gasteiger partial charge in [-0.15, -0.1) is 11.6 Å². The maximum Gasteiger partial charge on any atom is 0.324 e. The van der Waals surface area contributed by atoms with Gasteiger partial charge in [-0.25, -0.2) is 0 Å². The SMILES string of the molecule is CC1CC(OCC(Cl)C(=O)O)CC(C)(C)C1. The molecule has 1 rings (SSSR count). The molecule has 0 aromatic rings. The van der Waals surface area contributed by atoms with Gasteiger partial charge in [0, 0.05) is 0 Å². The van der Waals surface area contributed by atoms with Crippen molar-refractivity contribution in [3.8, 4) is 0 Å². The van der Waals surface area contributed by atoms with E-state index in [-0.39, 0.29) is 18.1 Å². The van der Waals surface area contributed by atoms with Crippen molar-refractivity contribution in [1.82, 2.24) is 0 Å². The summed E-state index contributed by atoms with van der Waals surface area (Å²) >= 11 is 5.62. The Bertz CT molecular complexity index is 253. The molecule has 1 saturated carbocycles. The fraction of sp³-hybridized carbons (Fsp3) is 0.917. The molecule has 4 heteroatoms. The van der Waals surface area contributed by atoms with Crippen LogP contribution in [0, 0.1) is 11.3 Å². The van der Waals surface area contributed by atoms with Crippen molar-refractivity contribution < 1.29 is 14.6 Å². The molecule has 94 valence electrons. The maximum absolute atomic E-state index is 10.6. The molecule has 3 atom stereocenters. The topological polar surface area (TPSA) is 46.5 Å². The Labute approximate surface area is 102 Å². The van der Waals surface area contributed by atoms with Gasteiger partial charge in [-0.3, -0.25) is 4.79 Å². The minimum absolute atomic E-state index is 0.102. The normalized spacial score (nSPS) is 31.0. The molecule has 3 nitrogen and oxygen atoms in total. The van der Waals surface area contributed by atoms with E-state index in [9.17, 15) is 4.79 Å². The molecule has 1 fully saturated rings. The van der Waals surface area contributed by atoms with Gasteiger partial charge >= 0.3 is 5.97 Å². The summed E-state index contributed by atoms with van der Waals surface area (Å²) in [7, 11) is 0. The molecular weight excluding hydrogens is 228 g/mol. The lowest BCUT2D eigenvalue weighted by Gasteiger charge is -2.38. The highest BCUT2D eigenvalue weighted by atomic mass is 35.5. The monoisotopic (exact) mass is 248 g/mol. The van der Waals surface area contributed by atoms with Crippen molar-refractivity contribution in [2.24, 2.45) is 11.3 Å². The molecule has 0 bridgehead atoms. The molecule has 0 aromatic carbocycles. The van der Waals surface area contributed by atoms with E-state index in [1.54, 1.807) is 0 Å². The van der Waals surface area contributed by atoms with Crippen molar-refractivity contribution in [3.05, 3.63) is 0 Å². The number of carboxylic acids is 1. The molecule has 0 saturated heterocycles. The second-order valence-electron chi connectivity index (χ2n) is 5.67. The standard InChI is InChI=1S/C12H21ClO3/c1-8-4-9(6-12(2,3)5-8)16-7-10(13)11(14)15/h8-10H,4-7H2,1-3H3,(H,14,15). The Hall–Kier alpha value is -0.280. The van der Waals surface area contributed by atoms with Gasteiger partial charge in [0.1, 0.15) is 0 Å². The van der Waals surface area contributed by atoms with E-state index in [1.165, 1.54) is 6.42 Å². The molecule has 0 radical (unpaired) electrons. The van der Waals surface area contributed by atoms with Gasteiger partial charge in [0.05, 0.1) is 12.7 Å². The van der Waals surface area contributed by atoms with Gasteiger partial charge < -0.3 is 9.84 Å². The molecular formula is C12H21ClO3. The lowest BCUT2D eigenvalue weighted by Crippen LogP contribution is -2.34. The summed E-state index contributed by atoms with van der Waals surface area (Å²) in [6.45, 7) is 6.78. The van der Waals surface area contributed by atoms with Crippen molar-refractivity contribution in [2.45, 2.75) is 51.5 Å². The first-order valence-corrected chi connectivity index (χ1v) is 6.22. The molecule has 1 aliphatic carbocycles. The number of halogens is 1. The van der Waals surface area contributed by atoms with E-state index in [1.807, 2.05) is 0 Å². The average Bonchev–Trinajstić information content (AvgIpc) is 2.10. The number of hydrogen-bond donors (Lipinski definition) is 1. The average molecular weight is 249 g/mol. The highest BCUT2D eigenvalue weighted by Crippen LogP contribution is 2.39. The van der Waals surface area contributed by atoms with Crippen molar-refractivity contribution in [2.75, 3.05) is 6.61 Å². The Morgan fingerprint density at radius 3 is 2.69 bits per heavy atom. The summed E-state index contributed by atoms with van der Waals surface area (Å²) in [5.41, 5.74) is 0.285. The highest BCUT2D eigenvalue weighted by molar-refractivity contribution is 6.29. The molecule has 0 heterocycles. The summed E-state index contributed by atoms with van der Waals surface area (Å²) in [5, 5.41) is 7.72. The van der Waals surface area contributed by atoms with E-state index < -0.39 is 11.3 Å². The Balaban J connectivity index is 2.40. The summed E-state index contributed by atoms with van der Waals surface area (Å²) < 4.78 is 5.60. The van der Waals surface area contributed by atoms with Crippen molar-refractivity contribution in [1.29, 1.82) is 0 Å². The van der Waals surface area contributed by atoms with Crippen LogP contribution in [0.1, 0.15) is 40.0 Å². The zero-order valence-electron chi connectivity index (χ0n) is 10.2. The van der Waals surface area contributed by atoms with Crippen LogP contribution < -0.4 is 0 Å². The number of carboxylic acid groups (broad SMARTS) is 1. The van der Waals surface area contributed by atoms with E-state index in [0.717, 1.165) is 12.8 Å². The first kappa shape index (κ1) is 13.8. The number of alkyl halides is 1. The van der Waals surface area contributed by atoms with E-state index in [4.69, 9.17) is 21.4 Å². The predicted molar refractivity (Wildman–Crippen MR) is 63.8 cm³/mol. The third kappa shape index (κ3) is 4.30. The van der Waals surface area contributed by atoms with Gasteiger partial charge in [-0.05, 0) is 30.6 Å². The molecule has 0 spiro atoms. The molecule has 16 heavy (non-hydrogen) atoms. The van der Waals surface area contributed by atoms with Gasteiger partial charge in [0.15, 0.2) is 5.38 Å². The minimum Gasteiger partial charge on any atom is -0.480 e. The summed E-state index contributed by atoms with van der Waals surface area (Å²) in [6.07, 6.45) is 3.35. The first-order chi connectivity index (χ1) is 7.30. The quantitative estimate of drug-likeness (QED) is 0.779. The molecule has 0 amide bonds. The third-order valence-corrected chi connectivity index (χ3v) is 3.41. The minimum atomic E-state index is -1.01. The summed E-state index contributed by atoms with van der Waals surface area (Å²) in [4.78, 5) is 10.6. The van der Waals surface area contributed by atoms with Crippen LogP contribution >= 0.6 is 11.6 Å². The molecule has 1 aliphatic rings. The Kier molecular flexibility index (Phi) is 4.62. The molecule has 3 unspecified atom stereocenters. The maximum atomic E-state index is 10.6. The van der Waals surface area contributed by atoms with E-state index in [0.29, 0.717) is 5.92 Å². The van der Waals surface area contributed by atoms with Crippen LogP contribution in [0.2, 0.25) is 0 Å². The molecule has 0 aliphatic heterocycles. The summed E-state index contributed by atoms with van der Waals surface area (Å²) in [5.74, 6) is -0.378. The van der Waals surface area contributed by atoms with Crippen LogP contribution in [0.3, 0.4) is 0 Å². The number of aliphatic carboxylic acids is 1. The molecule has 0 aromatic heterocycles. The predicted octanol–water partition coefficient (Wildman–Crippen LogP) is 2.91. The third-order valence-electron chi connectivity index (χ3n) is 3.09. The summed E-state index contributed by atoms with van der Waals surface area (Å²) in [6, 6.07) is 0. The number of carbonyl (C=O) groups is 1. The number of rotatable bonds is 4. The lowest BCUT2D eigenvalue weighted by molar-refractivity contribution is -0.138. The van der Waals surface area contributed by atoms with Gasteiger partial charge in [-0.2, -0.15) is 0 Å². The second kappa shape index (κ2) is 5.37. The van der Waals surface area contributed by atoms with Gasteiger partial charge in [0.25, 0.3) is 0 Å². The van der Waals surface area contributed by atoms with Crippen LogP contribution in [0.25, 0.3) is 0 Å². The van der Waals surface area contributed by atoms with Crippen molar-refractivity contribution >= 4 is 17.6 Å². The Morgan fingerprint density at radius 1 is 1.56 bits per heavy atom. The highest BCUT2D eigenvalue weighted by Gasteiger charge is 2.33. The first-order valence-electron chi connectivity index (χ1n) is 5.78. The van der Waals surface area contributed by atoms with E-state index in [2.05, 4.69) is 20.8 Å². The number of hydrogen-bond acceptors (Lipinski definition) is 2. The lowest BCUT2D eigenvalue weighted by atomic mass is 9.71. The smallest absolute Gasteiger partial charge is 0.324 e. The van der Waals surface area contributed by atoms with Crippen LogP contribution in [0.15, 0.2) is 0 Å². The Morgan fingerprint density at radius 2 is 2.19 bits per heavy atom. The zero-order valence-corrected chi connectivity index (χ0v) is 11.0. The van der Waals surface area contributed by atoms with E-state index >= 15 is 0 Å². The zero-order chi connectivity index (χ0) is 12.3. The van der Waals surface area contributed by atoms with Crippen LogP contribution in [0.5, 0.6) is 0 Å². The van der Waals surface area contributed by atoms with Crippen LogP contribution in [-0.4, -0.2) is 29.2 Å². The van der Waals surface area contributed by atoms with Crippen molar-refractivity contribution in [3.63, 3.8) is 0 Å². The second-order valence-corrected chi connectivity index (χ2v) is 6.20. The van der Waals surface area contributed by atoms with Gasteiger partial charge in [0.2, 0.25) is 0 Å². The van der Waals surface area contributed by atoms with Gasteiger partial charge in [-0.1, -0.05) is 20.8 Å². The van der Waals surface area contributed by atoms with Crippen LogP contribution in [-0.2, 0) is 9.53 Å². The van der Waals surface area contributed by atoms with Crippen LogP contribution in [0.4, 0.5) is 0 Å². The number of ether oxygens (including phenoxy) is 1. The molecule has 1 N–H and O–H groups in total. The fourth-order valence-electron chi connectivity index (χ4n) is 2.68. The largest absolute Gasteiger partial charge is 0.480 e. The fourth-order valence-corrected chi connectivity index (χ4v) is 2.75.